The van der Waals surface area contributed by atoms with Gasteiger partial charge in [0.2, 0.25) is 0 Å². The summed E-state index contributed by atoms with van der Waals surface area (Å²) in [6.45, 7) is 2.83. The number of hydrogen-bond acceptors (Lipinski definition) is 1. The van der Waals surface area contributed by atoms with E-state index in [1.165, 1.54) is 0 Å². The lowest BCUT2D eigenvalue weighted by Crippen LogP contribution is -2.25. The smallest absolute Gasteiger partial charge is 0.252 e. The number of hydrogen-bond donors (Lipinski definition) is 1. The van der Waals surface area contributed by atoms with Crippen molar-refractivity contribution in [2.45, 2.75) is 19.8 Å². The van der Waals surface area contributed by atoms with Crippen LogP contribution in [0.5, 0.6) is 0 Å². The van der Waals surface area contributed by atoms with E-state index in [4.69, 9.17) is 0 Å². The van der Waals surface area contributed by atoms with Crippen molar-refractivity contribution in [2.24, 2.45) is 0 Å². The minimum absolute atomic E-state index is 0.00657. The van der Waals surface area contributed by atoms with Gasteiger partial charge in [0.1, 0.15) is 0 Å². The van der Waals surface area contributed by atoms with Crippen molar-refractivity contribution in [3.63, 3.8) is 0 Å². The third-order valence-electron chi connectivity index (χ3n) is 3.35. The molecule has 0 radical (unpaired) electrons. The molecule has 22 heavy (non-hydrogen) atoms. The molecule has 0 aliphatic carbocycles. The van der Waals surface area contributed by atoms with E-state index in [2.05, 4.69) is 34.8 Å². The Kier molecular flexibility index (Phi) is 6.65. The highest BCUT2D eigenvalue weighted by molar-refractivity contribution is 14.1. The highest BCUT2D eigenvalue weighted by Crippen LogP contribution is 2.31. The van der Waals surface area contributed by atoms with Gasteiger partial charge in [-0.05, 0) is 40.1 Å². The lowest BCUT2D eigenvalue weighted by atomic mass is 10.0. The Labute approximate surface area is 145 Å². The van der Waals surface area contributed by atoms with Crippen molar-refractivity contribution in [3.05, 3.63) is 71.8 Å². The van der Waals surface area contributed by atoms with Gasteiger partial charge in [-0.2, -0.15) is 0 Å². The Morgan fingerprint density at radius 1 is 0.955 bits per heavy atom. The molecule has 0 heterocycles. The number of benzene rings is 2. The van der Waals surface area contributed by atoms with E-state index < -0.39 is 0 Å². The topological polar surface area (TPSA) is 29.1 Å². The molecule has 0 aromatic heterocycles. The molecule has 0 unspecified atom stereocenters. The molecule has 0 fully saturated rings. The summed E-state index contributed by atoms with van der Waals surface area (Å²) >= 11 is 2.27. The van der Waals surface area contributed by atoms with Crippen LogP contribution in [-0.2, 0) is 4.79 Å². The van der Waals surface area contributed by atoms with Gasteiger partial charge in [0.25, 0.3) is 5.91 Å². The third kappa shape index (κ3) is 4.44. The average Bonchev–Trinajstić information content (AvgIpc) is 2.57. The summed E-state index contributed by atoms with van der Waals surface area (Å²) in [5, 5.41) is 3.03. The molecule has 114 valence electrons. The van der Waals surface area contributed by atoms with Crippen LogP contribution in [0.3, 0.4) is 0 Å². The van der Waals surface area contributed by atoms with Crippen LogP contribution < -0.4 is 5.32 Å². The second-order valence-electron chi connectivity index (χ2n) is 5.03. The van der Waals surface area contributed by atoms with Gasteiger partial charge in [0.15, 0.2) is 0 Å². The minimum Gasteiger partial charge on any atom is -0.352 e. The Hall–Kier alpha value is -1.62. The van der Waals surface area contributed by atoms with Crippen LogP contribution in [0.4, 0.5) is 0 Å². The van der Waals surface area contributed by atoms with Crippen molar-refractivity contribution in [1.29, 1.82) is 0 Å². The van der Waals surface area contributed by atoms with E-state index >= 15 is 0 Å². The highest BCUT2D eigenvalue weighted by atomic mass is 127. The summed E-state index contributed by atoms with van der Waals surface area (Å²) < 4.78 is 0.971. The van der Waals surface area contributed by atoms with Crippen molar-refractivity contribution in [2.75, 3.05) is 6.54 Å². The molecule has 0 saturated heterocycles. The fourth-order valence-electron chi connectivity index (χ4n) is 2.16. The molecular weight excluding hydrogens is 385 g/mol. The highest BCUT2D eigenvalue weighted by Gasteiger charge is 2.16. The summed E-state index contributed by atoms with van der Waals surface area (Å²) in [7, 11) is 0. The monoisotopic (exact) mass is 405 g/mol. The van der Waals surface area contributed by atoms with Gasteiger partial charge in [-0.1, -0.05) is 74.0 Å². The molecule has 2 aromatic carbocycles. The molecule has 2 nitrogen and oxygen atoms in total. The van der Waals surface area contributed by atoms with E-state index in [1.54, 1.807) is 0 Å². The van der Waals surface area contributed by atoms with Crippen LogP contribution in [0.25, 0.3) is 9.15 Å². The van der Waals surface area contributed by atoms with Gasteiger partial charge in [-0.3, -0.25) is 4.79 Å². The quantitative estimate of drug-likeness (QED) is 0.315. The van der Waals surface area contributed by atoms with E-state index in [0.29, 0.717) is 6.54 Å². The maximum absolute atomic E-state index is 12.7. The first-order valence-corrected chi connectivity index (χ1v) is 8.60. The van der Waals surface area contributed by atoms with Gasteiger partial charge in [-0.15, -0.1) is 0 Å². The largest absolute Gasteiger partial charge is 0.352 e. The molecule has 0 atom stereocenters. The Morgan fingerprint density at radius 2 is 1.50 bits per heavy atom. The van der Waals surface area contributed by atoms with Crippen LogP contribution >= 0.6 is 22.6 Å². The summed E-state index contributed by atoms with van der Waals surface area (Å²) in [6, 6.07) is 19.9. The number of unbranched alkanes of at least 4 members (excludes halogenated alkanes) is 1. The van der Waals surface area contributed by atoms with E-state index in [9.17, 15) is 4.79 Å². The molecule has 1 amide bonds. The molecule has 1 N–H and O–H groups in total. The first-order chi connectivity index (χ1) is 10.7. The van der Waals surface area contributed by atoms with Gasteiger partial charge >= 0.3 is 0 Å². The first kappa shape index (κ1) is 16.7. The van der Waals surface area contributed by atoms with E-state index in [-0.39, 0.29) is 5.91 Å². The van der Waals surface area contributed by atoms with Gasteiger partial charge in [-0.25, -0.2) is 0 Å². The third-order valence-corrected chi connectivity index (χ3v) is 4.51. The summed E-state index contributed by atoms with van der Waals surface area (Å²) in [6.07, 6.45) is 2.07. The predicted octanol–water partition coefficient (Wildman–Crippen LogP) is 4.91. The minimum atomic E-state index is -0.00657. The summed E-state index contributed by atoms with van der Waals surface area (Å²) in [4.78, 5) is 12.7. The Bertz CT molecular complexity index is 635. The van der Waals surface area contributed by atoms with E-state index in [0.717, 1.165) is 33.1 Å². The number of carbonyl (C=O) groups is 1. The zero-order valence-corrected chi connectivity index (χ0v) is 14.8. The maximum Gasteiger partial charge on any atom is 0.252 e. The van der Waals surface area contributed by atoms with Crippen LogP contribution in [-0.4, -0.2) is 12.5 Å². The van der Waals surface area contributed by atoms with Crippen molar-refractivity contribution >= 4 is 37.7 Å². The Morgan fingerprint density at radius 3 is 2.05 bits per heavy atom. The van der Waals surface area contributed by atoms with Crippen LogP contribution in [0.15, 0.2) is 60.7 Å². The summed E-state index contributed by atoms with van der Waals surface area (Å²) in [5.41, 5.74) is 2.75. The zero-order chi connectivity index (χ0) is 15.8. The fourth-order valence-corrected chi connectivity index (χ4v) is 3.07. The van der Waals surface area contributed by atoms with E-state index in [1.807, 2.05) is 60.7 Å². The van der Waals surface area contributed by atoms with Crippen LogP contribution in [0, 0.1) is 0 Å². The predicted molar refractivity (Wildman–Crippen MR) is 102 cm³/mol. The van der Waals surface area contributed by atoms with Crippen molar-refractivity contribution in [3.8, 4) is 0 Å². The molecule has 2 rings (SSSR count). The molecular formula is C19H20INO. The molecule has 0 aliphatic rings. The molecule has 0 bridgehead atoms. The van der Waals surface area contributed by atoms with Crippen LogP contribution in [0.1, 0.15) is 30.9 Å². The SMILES string of the molecule is CCCCNC(=O)/C(=C(\I)c1ccccc1)c1ccccc1. The molecule has 0 saturated carbocycles. The number of amides is 1. The number of carbonyl (C=O) groups excluding carboxylic acids is 1. The average molecular weight is 405 g/mol. The summed E-state index contributed by atoms with van der Waals surface area (Å²) in [5.74, 6) is -0.00657. The van der Waals surface area contributed by atoms with Gasteiger partial charge < -0.3 is 5.32 Å². The van der Waals surface area contributed by atoms with Crippen molar-refractivity contribution in [1.82, 2.24) is 5.32 Å². The molecule has 3 heteroatoms. The van der Waals surface area contributed by atoms with Gasteiger partial charge in [0, 0.05) is 10.1 Å². The lowest BCUT2D eigenvalue weighted by Gasteiger charge is -2.12. The van der Waals surface area contributed by atoms with Crippen LogP contribution in [0.2, 0.25) is 0 Å². The molecule has 2 aromatic rings. The normalized spacial score (nSPS) is 11.7. The lowest BCUT2D eigenvalue weighted by molar-refractivity contribution is -0.115. The number of rotatable bonds is 6. The second-order valence-corrected chi connectivity index (χ2v) is 6.11. The van der Waals surface area contributed by atoms with Gasteiger partial charge in [0.05, 0.1) is 5.57 Å². The number of nitrogens with one attached hydrogen (secondary N) is 1. The fraction of sp³-hybridized carbons (Fsp3) is 0.211. The standard InChI is InChI=1S/C19H20INO/c1-2-3-14-21-19(22)17(15-10-6-4-7-11-15)18(20)16-12-8-5-9-13-16/h4-13H,2-3,14H2,1H3,(H,21,22)/b18-17-. The second kappa shape index (κ2) is 8.73. The molecule has 0 spiro atoms. The zero-order valence-electron chi connectivity index (χ0n) is 12.7. The Balaban J connectivity index is 2.40. The molecule has 0 aliphatic heterocycles. The number of halogens is 1. The first-order valence-electron chi connectivity index (χ1n) is 7.53. The maximum atomic E-state index is 12.7. The van der Waals surface area contributed by atoms with Crippen molar-refractivity contribution < 1.29 is 4.79 Å².